The molecule has 0 radical (unpaired) electrons. The number of nitrogens with zero attached hydrogens (tertiary/aromatic N) is 2. The Morgan fingerprint density at radius 2 is 1.74 bits per heavy atom. The van der Waals surface area contributed by atoms with Gasteiger partial charge in [0.25, 0.3) is 0 Å². The molecule has 0 aliphatic heterocycles. The highest BCUT2D eigenvalue weighted by Crippen LogP contribution is 2.23. The summed E-state index contributed by atoms with van der Waals surface area (Å²) in [5, 5.41) is 9.43. The number of hydrogen-bond donors (Lipinski definition) is 1. The van der Waals surface area contributed by atoms with Crippen LogP contribution in [0, 0.1) is 18.3 Å². The predicted octanol–water partition coefficient (Wildman–Crippen LogP) is 3.89. The van der Waals surface area contributed by atoms with Gasteiger partial charge in [-0.3, -0.25) is 0 Å². The quantitative estimate of drug-likeness (QED) is 0.795. The molecular formula is C20H19N3. The van der Waals surface area contributed by atoms with Crippen molar-refractivity contribution in [3.8, 4) is 6.07 Å². The average Bonchev–Trinajstić information content (AvgIpc) is 2.84. The second kappa shape index (κ2) is 6.41. The summed E-state index contributed by atoms with van der Waals surface area (Å²) in [6.07, 6.45) is 0.722. The largest absolute Gasteiger partial charge is 0.397 e. The van der Waals surface area contributed by atoms with Crippen molar-refractivity contribution in [3.05, 3.63) is 88.7 Å². The van der Waals surface area contributed by atoms with Gasteiger partial charge in [0.15, 0.2) is 0 Å². The van der Waals surface area contributed by atoms with Gasteiger partial charge in [-0.25, -0.2) is 0 Å². The Hall–Kier alpha value is -2.99. The topological polar surface area (TPSA) is 54.7 Å². The van der Waals surface area contributed by atoms with E-state index in [4.69, 9.17) is 5.73 Å². The summed E-state index contributed by atoms with van der Waals surface area (Å²) in [6.45, 7) is 2.73. The number of benzene rings is 2. The Balaban J connectivity index is 1.99. The molecule has 0 atom stereocenters. The average molecular weight is 301 g/mol. The van der Waals surface area contributed by atoms with Crippen molar-refractivity contribution in [2.24, 2.45) is 0 Å². The first-order valence-corrected chi connectivity index (χ1v) is 7.65. The molecule has 0 aliphatic rings. The molecule has 0 unspecified atom stereocenters. The van der Waals surface area contributed by atoms with E-state index in [1.807, 2.05) is 28.8 Å². The molecule has 0 aliphatic carbocycles. The fourth-order valence-corrected chi connectivity index (χ4v) is 2.86. The SMILES string of the molecule is Cc1cccc(Cn2c(C#N)cc(N)c2Cc2ccccc2)c1. The Morgan fingerprint density at radius 1 is 1.00 bits per heavy atom. The first-order valence-electron chi connectivity index (χ1n) is 7.65. The van der Waals surface area contributed by atoms with Gasteiger partial charge in [-0.2, -0.15) is 5.26 Å². The fraction of sp³-hybridized carbons (Fsp3) is 0.150. The smallest absolute Gasteiger partial charge is 0.122 e. The predicted molar refractivity (Wildman–Crippen MR) is 93.1 cm³/mol. The highest BCUT2D eigenvalue weighted by molar-refractivity contribution is 5.52. The molecule has 0 saturated heterocycles. The minimum absolute atomic E-state index is 0.606. The van der Waals surface area contributed by atoms with E-state index < -0.39 is 0 Å². The first kappa shape index (κ1) is 14.9. The van der Waals surface area contributed by atoms with Gasteiger partial charge < -0.3 is 10.3 Å². The van der Waals surface area contributed by atoms with Crippen LogP contribution in [0.15, 0.2) is 60.7 Å². The Kier molecular flexibility index (Phi) is 4.16. The zero-order valence-corrected chi connectivity index (χ0v) is 13.2. The van der Waals surface area contributed by atoms with E-state index in [9.17, 15) is 5.26 Å². The van der Waals surface area contributed by atoms with Crippen molar-refractivity contribution < 1.29 is 0 Å². The second-order valence-electron chi connectivity index (χ2n) is 5.78. The van der Waals surface area contributed by atoms with Crippen molar-refractivity contribution in [3.63, 3.8) is 0 Å². The van der Waals surface area contributed by atoms with Crippen molar-refractivity contribution in [2.75, 3.05) is 5.73 Å². The molecule has 2 N–H and O–H groups in total. The van der Waals surface area contributed by atoms with Crippen molar-refractivity contribution in [1.82, 2.24) is 4.57 Å². The van der Waals surface area contributed by atoms with Gasteiger partial charge in [-0.1, -0.05) is 60.2 Å². The fourth-order valence-electron chi connectivity index (χ4n) is 2.86. The molecule has 2 aromatic carbocycles. The van der Waals surface area contributed by atoms with E-state index in [1.165, 1.54) is 16.7 Å². The van der Waals surface area contributed by atoms with Gasteiger partial charge in [0.1, 0.15) is 11.8 Å². The maximum absolute atomic E-state index is 9.43. The molecule has 0 bridgehead atoms. The van der Waals surface area contributed by atoms with Crippen LogP contribution in [0.3, 0.4) is 0 Å². The Morgan fingerprint density at radius 3 is 2.43 bits per heavy atom. The molecule has 3 heteroatoms. The van der Waals surface area contributed by atoms with Gasteiger partial charge in [-0.15, -0.1) is 0 Å². The molecule has 3 nitrogen and oxygen atoms in total. The van der Waals surface area contributed by atoms with Gasteiger partial charge in [-0.05, 0) is 24.1 Å². The maximum Gasteiger partial charge on any atom is 0.122 e. The number of nitrogen functional groups attached to an aromatic ring is 1. The Bertz CT molecular complexity index is 854. The molecule has 23 heavy (non-hydrogen) atoms. The summed E-state index contributed by atoms with van der Waals surface area (Å²) in [7, 11) is 0. The van der Waals surface area contributed by atoms with Crippen LogP contribution >= 0.6 is 0 Å². The summed E-state index contributed by atoms with van der Waals surface area (Å²) in [6, 6.07) is 22.6. The normalized spacial score (nSPS) is 10.4. The van der Waals surface area contributed by atoms with Crippen LogP contribution < -0.4 is 5.73 Å². The molecular weight excluding hydrogens is 282 g/mol. The van der Waals surface area contributed by atoms with E-state index >= 15 is 0 Å². The third-order valence-electron chi connectivity index (χ3n) is 3.99. The van der Waals surface area contributed by atoms with E-state index in [0.29, 0.717) is 17.9 Å². The first-order chi connectivity index (χ1) is 11.2. The number of aryl methyl sites for hydroxylation is 1. The molecule has 0 spiro atoms. The maximum atomic E-state index is 9.43. The minimum atomic E-state index is 0.606. The molecule has 0 fully saturated rings. The number of aromatic nitrogens is 1. The lowest BCUT2D eigenvalue weighted by atomic mass is 10.1. The van der Waals surface area contributed by atoms with E-state index in [-0.39, 0.29) is 0 Å². The van der Waals surface area contributed by atoms with Crippen LogP contribution in [0.2, 0.25) is 0 Å². The van der Waals surface area contributed by atoms with Gasteiger partial charge in [0, 0.05) is 18.7 Å². The summed E-state index contributed by atoms with van der Waals surface area (Å²) in [5.74, 6) is 0. The van der Waals surface area contributed by atoms with Crippen molar-refractivity contribution in [2.45, 2.75) is 19.9 Å². The highest BCUT2D eigenvalue weighted by atomic mass is 15.0. The molecule has 0 saturated carbocycles. The summed E-state index contributed by atoms with van der Waals surface area (Å²) in [5.41, 5.74) is 12.0. The van der Waals surface area contributed by atoms with Gasteiger partial charge >= 0.3 is 0 Å². The number of nitriles is 1. The lowest BCUT2D eigenvalue weighted by Crippen LogP contribution is -2.08. The lowest BCUT2D eigenvalue weighted by Gasteiger charge is -2.12. The van der Waals surface area contributed by atoms with Crippen LogP contribution in [-0.4, -0.2) is 4.57 Å². The highest BCUT2D eigenvalue weighted by Gasteiger charge is 2.14. The van der Waals surface area contributed by atoms with E-state index in [0.717, 1.165) is 12.1 Å². The zero-order valence-electron chi connectivity index (χ0n) is 13.2. The van der Waals surface area contributed by atoms with Crippen LogP contribution in [0.1, 0.15) is 28.1 Å². The molecule has 1 aromatic heterocycles. The number of rotatable bonds is 4. The van der Waals surface area contributed by atoms with Gasteiger partial charge in [0.2, 0.25) is 0 Å². The van der Waals surface area contributed by atoms with Crippen LogP contribution in [-0.2, 0) is 13.0 Å². The number of hydrogen-bond acceptors (Lipinski definition) is 2. The molecule has 114 valence electrons. The Labute approximate surface area is 136 Å². The summed E-state index contributed by atoms with van der Waals surface area (Å²) >= 11 is 0. The van der Waals surface area contributed by atoms with Crippen LogP contribution in [0.5, 0.6) is 0 Å². The summed E-state index contributed by atoms with van der Waals surface area (Å²) < 4.78 is 2.02. The van der Waals surface area contributed by atoms with E-state index in [1.54, 1.807) is 6.07 Å². The van der Waals surface area contributed by atoms with E-state index in [2.05, 4.69) is 43.3 Å². The van der Waals surface area contributed by atoms with Crippen molar-refractivity contribution in [1.29, 1.82) is 5.26 Å². The van der Waals surface area contributed by atoms with Crippen LogP contribution in [0.25, 0.3) is 0 Å². The third kappa shape index (κ3) is 3.27. The molecule has 1 heterocycles. The number of nitrogens with two attached hydrogens (primary N) is 1. The minimum Gasteiger partial charge on any atom is -0.397 e. The van der Waals surface area contributed by atoms with Crippen molar-refractivity contribution >= 4 is 5.69 Å². The second-order valence-corrected chi connectivity index (χ2v) is 5.78. The molecule has 0 amide bonds. The molecule has 3 aromatic rings. The van der Waals surface area contributed by atoms with Gasteiger partial charge in [0.05, 0.1) is 5.69 Å². The standard InChI is InChI=1S/C20H19N3/c1-15-6-5-9-17(10-15)14-23-18(13-21)12-19(22)20(23)11-16-7-3-2-4-8-16/h2-10,12H,11,14,22H2,1H3. The number of anilines is 1. The monoisotopic (exact) mass is 301 g/mol. The zero-order chi connectivity index (χ0) is 16.2. The molecule has 3 rings (SSSR count). The van der Waals surface area contributed by atoms with Crippen LogP contribution in [0.4, 0.5) is 5.69 Å². The summed E-state index contributed by atoms with van der Waals surface area (Å²) in [4.78, 5) is 0. The third-order valence-corrected chi connectivity index (χ3v) is 3.99. The lowest BCUT2D eigenvalue weighted by molar-refractivity contribution is 0.749.